The van der Waals surface area contributed by atoms with Crippen LogP contribution in [0.1, 0.15) is 33.6 Å². The van der Waals surface area contributed by atoms with Gasteiger partial charge in [-0.2, -0.15) is 0 Å². The summed E-state index contributed by atoms with van der Waals surface area (Å²) in [6.45, 7) is 4.68. The third-order valence-electron chi connectivity index (χ3n) is 3.20. The number of nitrogens with one attached hydrogen (secondary N) is 2. The quantitative estimate of drug-likeness (QED) is 0.297. The minimum absolute atomic E-state index is 0.0459. The molecule has 0 saturated carbocycles. The Morgan fingerprint density at radius 1 is 1.12 bits per heavy atom. The molecular weight excluding hydrogens is 336 g/mol. The summed E-state index contributed by atoms with van der Waals surface area (Å²) in [5.41, 5.74) is -0.956. The van der Waals surface area contributed by atoms with Gasteiger partial charge in [0.2, 0.25) is 11.8 Å². The maximum Gasteiger partial charge on any atom is 0.249 e. The zero-order valence-corrected chi connectivity index (χ0v) is 15.2. The largest absolute Gasteiger partial charge is 0.396 e. The van der Waals surface area contributed by atoms with Crippen LogP contribution < -0.4 is 10.6 Å². The molecule has 0 bridgehead atoms. The van der Waals surface area contributed by atoms with Gasteiger partial charge in [-0.25, -0.2) is 0 Å². The molecule has 0 aliphatic carbocycles. The van der Waals surface area contributed by atoms with E-state index in [4.69, 9.17) is 10.2 Å². The van der Waals surface area contributed by atoms with Crippen LogP contribution in [0.25, 0.3) is 0 Å². The van der Waals surface area contributed by atoms with Crippen molar-refractivity contribution in [1.29, 1.82) is 0 Å². The maximum atomic E-state index is 11.7. The van der Waals surface area contributed by atoms with Gasteiger partial charge in [0.25, 0.3) is 0 Å². The molecule has 8 nitrogen and oxygen atoms in total. The Kier molecular flexibility index (Phi) is 10.9. The molecule has 5 N–H and O–H groups in total. The van der Waals surface area contributed by atoms with Crippen LogP contribution in [-0.4, -0.2) is 69.9 Å². The fourth-order valence-electron chi connectivity index (χ4n) is 1.58. The van der Waals surface area contributed by atoms with E-state index < -0.39 is 23.5 Å². The van der Waals surface area contributed by atoms with E-state index in [1.165, 1.54) is 6.92 Å². The molecule has 0 heterocycles. The second kappa shape index (κ2) is 11.4. The highest BCUT2D eigenvalue weighted by atomic mass is 32.2. The van der Waals surface area contributed by atoms with Gasteiger partial charge in [0.1, 0.15) is 6.10 Å². The van der Waals surface area contributed by atoms with E-state index in [0.29, 0.717) is 12.3 Å². The van der Waals surface area contributed by atoms with Gasteiger partial charge in [-0.3, -0.25) is 14.4 Å². The Hall–Kier alpha value is -1.16. The third-order valence-corrected chi connectivity index (χ3v) is 4.09. The molecule has 0 aromatic carbocycles. The maximum absolute atomic E-state index is 11.7. The SMILES string of the molecule is C[C@@H](O)CC(=O)SCCNC(=O)CCNC(=O)[C@H](O)C(C)(C)CO. The summed E-state index contributed by atoms with van der Waals surface area (Å²) in [5.74, 6) is -0.511. The van der Waals surface area contributed by atoms with Gasteiger partial charge in [0.15, 0.2) is 5.12 Å². The van der Waals surface area contributed by atoms with Crippen LogP contribution in [0.3, 0.4) is 0 Å². The Morgan fingerprint density at radius 3 is 2.29 bits per heavy atom. The normalized spacial score (nSPS) is 13.9. The van der Waals surface area contributed by atoms with Crippen LogP contribution in [0.4, 0.5) is 0 Å². The Bertz CT molecular complexity index is 428. The molecule has 0 spiro atoms. The fourth-order valence-corrected chi connectivity index (χ4v) is 2.37. The van der Waals surface area contributed by atoms with Crippen molar-refractivity contribution in [2.75, 3.05) is 25.4 Å². The minimum Gasteiger partial charge on any atom is -0.396 e. The van der Waals surface area contributed by atoms with Crippen molar-refractivity contribution < 1.29 is 29.7 Å². The van der Waals surface area contributed by atoms with E-state index in [9.17, 15) is 19.5 Å². The van der Waals surface area contributed by atoms with E-state index >= 15 is 0 Å². The molecule has 0 aromatic rings. The number of aliphatic hydroxyl groups is 3. The Balaban J connectivity index is 3.84. The summed E-state index contributed by atoms with van der Waals surface area (Å²) in [5, 5.41) is 32.8. The molecule has 0 aromatic heterocycles. The molecule has 2 amide bonds. The third kappa shape index (κ3) is 9.86. The number of thioether (sulfide) groups is 1. The second-order valence-corrected chi connectivity index (χ2v) is 7.37. The highest BCUT2D eigenvalue weighted by Gasteiger charge is 2.32. The van der Waals surface area contributed by atoms with E-state index in [2.05, 4.69) is 10.6 Å². The summed E-state index contributed by atoms with van der Waals surface area (Å²) >= 11 is 1.04. The number of aliphatic hydroxyl groups excluding tert-OH is 3. The van der Waals surface area contributed by atoms with Crippen molar-refractivity contribution in [1.82, 2.24) is 10.6 Å². The van der Waals surface area contributed by atoms with Crippen molar-refractivity contribution in [3.63, 3.8) is 0 Å². The van der Waals surface area contributed by atoms with Gasteiger partial charge in [-0.05, 0) is 6.92 Å². The monoisotopic (exact) mass is 364 g/mol. The van der Waals surface area contributed by atoms with Crippen molar-refractivity contribution in [3.05, 3.63) is 0 Å². The van der Waals surface area contributed by atoms with E-state index in [-0.39, 0.29) is 37.0 Å². The summed E-state index contributed by atoms with van der Waals surface area (Å²) in [7, 11) is 0. The zero-order chi connectivity index (χ0) is 18.8. The molecule has 2 atom stereocenters. The summed E-state index contributed by atoms with van der Waals surface area (Å²) < 4.78 is 0. The molecule has 9 heteroatoms. The summed E-state index contributed by atoms with van der Waals surface area (Å²) in [4.78, 5) is 34.6. The summed E-state index contributed by atoms with van der Waals surface area (Å²) in [6.07, 6.45) is -1.90. The molecule has 0 unspecified atom stereocenters. The first kappa shape index (κ1) is 22.8. The number of carbonyl (C=O) groups is 3. The lowest BCUT2D eigenvalue weighted by Gasteiger charge is -2.27. The van der Waals surface area contributed by atoms with Crippen LogP contribution in [0.2, 0.25) is 0 Å². The van der Waals surface area contributed by atoms with Crippen LogP contribution in [0.15, 0.2) is 0 Å². The lowest BCUT2D eigenvalue weighted by molar-refractivity contribution is -0.137. The number of amides is 2. The van der Waals surface area contributed by atoms with Gasteiger partial charge >= 0.3 is 0 Å². The number of carbonyl (C=O) groups excluding carboxylic acids is 3. The lowest BCUT2D eigenvalue weighted by Crippen LogP contribution is -2.46. The van der Waals surface area contributed by atoms with Gasteiger partial charge in [-0.15, -0.1) is 0 Å². The molecule has 0 rings (SSSR count). The second-order valence-electron chi connectivity index (χ2n) is 6.21. The molecule has 0 saturated heterocycles. The molecule has 0 aliphatic rings. The minimum atomic E-state index is -1.36. The first-order valence-corrected chi connectivity index (χ1v) is 8.75. The molecule has 140 valence electrons. The first-order valence-electron chi connectivity index (χ1n) is 7.77. The first-order chi connectivity index (χ1) is 11.1. The van der Waals surface area contributed by atoms with E-state index in [1.807, 2.05) is 0 Å². The van der Waals surface area contributed by atoms with E-state index in [0.717, 1.165) is 11.8 Å². The average molecular weight is 364 g/mol. The summed E-state index contributed by atoms with van der Waals surface area (Å²) in [6, 6.07) is 0. The number of hydrogen-bond acceptors (Lipinski definition) is 7. The fraction of sp³-hybridized carbons (Fsp3) is 0.800. The smallest absolute Gasteiger partial charge is 0.249 e. The van der Waals surface area contributed by atoms with Crippen molar-refractivity contribution in [3.8, 4) is 0 Å². The van der Waals surface area contributed by atoms with Gasteiger partial charge in [0.05, 0.1) is 12.7 Å². The highest BCUT2D eigenvalue weighted by molar-refractivity contribution is 8.13. The van der Waals surface area contributed by atoms with Gasteiger partial charge in [-0.1, -0.05) is 25.6 Å². The van der Waals surface area contributed by atoms with Crippen molar-refractivity contribution in [2.45, 2.75) is 45.8 Å². The molecule has 0 aliphatic heterocycles. The van der Waals surface area contributed by atoms with E-state index in [1.54, 1.807) is 13.8 Å². The van der Waals surface area contributed by atoms with Gasteiger partial charge in [0, 0.05) is 37.1 Å². The van der Waals surface area contributed by atoms with Crippen LogP contribution >= 0.6 is 11.8 Å². The lowest BCUT2D eigenvalue weighted by atomic mass is 9.87. The van der Waals surface area contributed by atoms with Crippen molar-refractivity contribution in [2.24, 2.45) is 5.41 Å². The number of hydrogen-bond donors (Lipinski definition) is 5. The topological polar surface area (TPSA) is 136 Å². The van der Waals surface area contributed by atoms with Crippen LogP contribution in [-0.2, 0) is 14.4 Å². The van der Waals surface area contributed by atoms with Gasteiger partial charge < -0.3 is 26.0 Å². The predicted octanol–water partition coefficient (Wildman–Crippen LogP) is -0.981. The molecule has 24 heavy (non-hydrogen) atoms. The Morgan fingerprint density at radius 2 is 1.75 bits per heavy atom. The molecular formula is C15H28N2O6S. The van der Waals surface area contributed by atoms with Crippen LogP contribution in [0, 0.1) is 5.41 Å². The standard InChI is InChI=1S/C15H28N2O6S/c1-10(19)8-12(21)24-7-6-16-11(20)4-5-17-14(23)13(22)15(2,3)9-18/h10,13,18-19,22H,4-9H2,1-3H3,(H,16,20)(H,17,23)/t10-,13+/m1/s1. The van der Waals surface area contributed by atoms with Crippen molar-refractivity contribution >= 4 is 28.7 Å². The molecule has 0 fully saturated rings. The average Bonchev–Trinajstić information content (AvgIpc) is 2.49. The van der Waals surface area contributed by atoms with Crippen LogP contribution in [0.5, 0.6) is 0 Å². The predicted molar refractivity (Wildman–Crippen MR) is 91.3 cm³/mol. The molecule has 0 radical (unpaired) electrons. The highest BCUT2D eigenvalue weighted by Crippen LogP contribution is 2.19. The number of rotatable bonds is 11. The zero-order valence-electron chi connectivity index (χ0n) is 14.4. The Labute approximate surface area is 146 Å².